The zero-order valence-corrected chi connectivity index (χ0v) is 12.9. The molecule has 4 heterocycles. The smallest absolute Gasteiger partial charge is 0.258 e. The van der Waals surface area contributed by atoms with Crippen LogP contribution in [0.3, 0.4) is 0 Å². The second-order valence-corrected chi connectivity index (χ2v) is 5.88. The van der Waals surface area contributed by atoms with Gasteiger partial charge in [-0.05, 0) is 37.5 Å². The number of anilines is 1. The molecule has 1 saturated heterocycles. The van der Waals surface area contributed by atoms with Gasteiger partial charge in [0.25, 0.3) is 5.91 Å². The minimum Gasteiger partial charge on any atom is -0.372 e. The van der Waals surface area contributed by atoms with Gasteiger partial charge in [-0.15, -0.1) is 0 Å². The summed E-state index contributed by atoms with van der Waals surface area (Å²) in [6, 6.07) is 7.72. The van der Waals surface area contributed by atoms with Crippen molar-refractivity contribution in [3.63, 3.8) is 0 Å². The average molecular weight is 310 g/mol. The van der Waals surface area contributed by atoms with E-state index in [1.807, 2.05) is 48.0 Å². The number of carbonyl (C=O) groups excluding carboxylic acids is 1. The molecule has 1 atom stereocenters. The van der Waals surface area contributed by atoms with Gasteiger partial charge in [0.1, 0.15) is 0 Å². The topological polar surface area (TPSA) is 71.4 Å². The molecule has 6 heteroatoms. The summed E-state index contributed by atoms with van der Waals surface area (Å²) >= 11 is 0. The predicted octanol–water partition coefficient (Wildman–Crippen LogP) is 3.07. The van der Waals surface area contributed by atoms with Crippen LogP contribution in [0.15, 0.2) is 36.7 Å². The molecule has 1 fully saturated rings. The molecule has 1 aliphatic heterocycles. The highest BCUT2D eigenvalue weighted by Crippen LogP contribution is 2.28. The van der Waals surface area contributed by atoms with Gasteiger partial charge < -0.3 is 14.5 Å². The van der Waals surface area contributed by atoms with Crippen molar-refractivity contribution in [3.05, 3.63) is 53.5 Å². The van der Waals surface area contributed by atoms with E-state index >= 15 is 0 Å². The van der Waals surface area contributed by atoms with Gasteiger partial charge in [0.2, 0.25) is 0 Å². The number of rotatable bonds is 3. The fourth-order valence-electron chi connectivity index (χ4n) is 2.99. The van der Waals surface area contributed by atoms with Crippen molar-refractivity contribution >= 4 is 17.2 Å². The molecular formula is C17H18N4O2. The van der Waals surface area contributed by atoms with E-state index in [2.05, 4.69) is 15.5 Å². The standard InChI is InChI=1S/C17H18N4O2/c1-11-4-2-6-21-10-12(8-14(11)21)17(22)18-16-9-13(19-20-16)15-5-3-7-23-15/h2,4,6,8-10,15H,3,5,7H2,1H3,(H2,18,19,20,22). The molecular weight excluding hydrogens is 292 g/mol. The average Bonchev–Trinajstić information content (AvgIpc) is 3.27. The van der Waals surface area contributed by atoms with E-state index in [4.69, 9.17) is 4.74 Å². The number of carbonyl (C=O) groups is 1. The van der Waals surface area contributed by atoms with Crippen molar-refractivity contribution in [2.45, 2.75) is 25.9 Å². The molecule has 118 valence electrons. The van der Waals surface area contributed by atoms with Crippen molar-refractivity contribution in [1.29, 1.82) is 0 Å². The van der Waals surface area contributed by atoms with E-state index in [0.29, 0.717) is 11.4 Å². The molecule has 3 aromatic heterocycles. The van der Waals surface area contributed by atoms with E-state index in [0.717, 1.165) is 36.2 Å². The van der Waals surface area contributed by atoms with Crippen LogP contribution in [0.25, 0.3) is 5.52 Å². The third kappa shape index (κ3) is 2.61. The zero-order valence-electron chi connectivity index (χ0n) is 12.9. The maximum atomic E-state index is 12.4. The van der Waals surface area contributed by atoms with Crippen LogP contribution in [0.2, 0.25) is 0 Å². The van der Waals surface area contributed by atoms with E-state index in [-0.39, 0.29) is 12.0 Å². The Morgan fingerprint density at radius 3 is 3.17 bits per heavy atom. The van der Waals surface area contributed by atoms with Crippen LogP contribution in [-0.2, 0) is 4.74 Å². The number of amides is 1. The van der Waals surface area contributed by atoms with Gasteiger partial charge in [0.05, 0.1) is 17.4 Å². The lowest BCUT2D eigenvalue weighted by molar-refractivity contribution is 0.102. The lowest BCUT2D eigenvalue weighted by Gasteiger charge is -2.04. The Morgan fingerprint density at radius 2 is 2.39 bits per heavy atom. The molecule has 6 nitrogen and oxygen atoms in total. The molecule has 0 spiro atoms. The Bertz CT molecular complexity index is 858. The Morgan fingerprint density at radius 1 is 1.48 bits per heavy atom. The van der Waals surface area contributed by atoms with Crippen LogP contribution in [-0.4, -0.2) is 27.1 Å². The summed E-state index contributed by atoms with van der Waals surface area (Å²) in [4.78, 5) is 12.4. The van der Waals surface area contributed by atoms with Crippen LogP contribution in [0.5, 0.6) is 0 Å². The first kappa shape index (κ1) is 14.0. The molecule has 0 saturated carbocycles. The summed E-state index contributed by atoms with van der Waals surface area (Å²) < 4.78 is 7.56. The Hall–Kier alpha value is -2.60. The maximum Gasteiger partial charge on any atom is 0.258 e. The number of ether oxygens (including phenoxy) is 1. The highest BCUT2D eigenvalue weighted by Gasteiger charge is 2.20. The fraction of sp³-hybridized carbons (Fsp3) is 0.294. The number of hydrogen-bond acceptors (Lipinski definition) is 3. The van der Waals surface area contributed by atoms with Gasteiger partial charge in [0.15, 0.2) is 5.82 Å². The molecule has 0 aliphatic carbocycles. The van der Waals surface area contributed by atoms with Gasteiger partial charge in [-0.3, -0.25) is 9.89 Å². The van der Waals surface area contributed by atoms with E-state index < -0.39 is 0 Å². The molecule has 3 aromatic rings. The number of hydrogen-bond donors (Lipinski definition) is 2. The van der Waals surface area contributed by atoms with E-state index in [9.17, 15) is 4.79 Å². The number of H-pyrrole nitrogens is 1. The summed E-state index contributed by atoms with van der Waals surface area (Å²) in [6.45, 7) is 2.81. The van der Waals surface area contributed by atoms with E-state index in [1.165, 1.54) is 0 Å². The molecule has 1 unspecified atom stereocenters. The number of aromatic amines is 1. The number of nitrogens with one attached hydrogen (secondary N) is 2. The number of pyridine rings is 1. The Labute approximate surface area is 133 Å². The lowest BCUT2D eigenvalue weighted by Crippen LogP contribution is -2.11. The number of aryl methyl sites for hydroxylation is 1. The molecule has 0 radical (unpaired) electrons. The van der Waals surface area contributed by atoms with Crippen LogP contribution in [0.1, 0.15) is 40.6 Å². The Balaban J connectivity index is 1.53. The second kappa shape index (κ2) is 5.55. The number of aromatic nitrogens is 3. The van der Waals surface area contributed by atoms with Gasteiger partial charge in [-0.25, -0.2) is 0 Å². The molecule has 1 amide bonds. The van der Waals surface area contributed by atoms with Crippen molar-refractivity contribution in [2.75, 3.05) is 11.9 Å². The number of nitrogens with zero attached hydrogens (tertiary/aromatic N) is 2. The lowest BCUT2D eigenvalue weighted by atomic mass is 10.2. The van der Waals surface area contributed by atoms with Crippen molar-refractivity contribution in [3.8, 4) is 0 Å². The minimum absolute atomic E-state index is 0.0628. The molecule has 0 bridgehead atoms. The van der Waals surface area contributed by atoms with Crippen molar-refractivity contribution < 1.29 is 9.53 Å². The molecule has 0 aromatic carbocycles. The minimum atomic E-state index is -0.168. The largest absolute Gasteiger partial charge is 0.372 e. The van der Waals surface area contributed by atoms with Crippen LogP contribution < -0.4 is 5.32 Å². The summed E-state index contributed by atoms with van der Waals surface area (Å²) in [6.07, 6.45) is 5.86. The van der Waals surface area contributed by atoms with Crippen LogP contribution in [0, 0.1) is 6.92 Å². The molecule has 2 N–H and O–H groups in total. The van der Waals surface area contributed by atoms with Crippen molar-refractivity contribution in [2.24, 2.45) is 0 Å². The third-order valence-electron chi connectivity index (χ3n) is 4.22. The van der Waals surface area contributed by atoms with Gasteiger partial charge in [-0.2, -0.15) is 5.10 Å². The highest BCUT2D eigenvalue weighted by atomic mass is 16.5. The van der Waals surface area contributed by atoms with Gasteiger partial charge in [0, 0.05) is 30.6 Å². The summed E-state index contributed by atoms with van der Waals surface area (Å²) in [5.74, 6) is 0.353. The third-order valence-corrected chi connectivity index (χ3v) is 4.22. The summed E-state index contributed by atoms with van der Waals surface area (Å²) in [7, 11) is 0. The maximum absolute atomic E-state index is 12.4. The van der Waals surface area contributed by atoms with Gasteiger partial charge >= 0.3 is 0 Å². The normalized spacial score (nSPS) is 17.7. The van der Waals surface area contributed by atoms with Crippen LogP contribution >= 0.6 is 0 Å². The first-order valence-corrected chi connectivity index (χ1v) is 7.76. The number of fused-ring (bicyclic) bond motifs is 1. The van der Waals surface area contributed by atoms with Crippen LogP contribution in [0.4, 0.5) is 5.82 Å². The molecule has 4 rings (SSSR count). The zero-order chi connectivity index (χ0) is 15.8. The van der Waals surface area contributed by atoms with Gasteiger partial charge in [-0.1, -0.05) is 6.07 Å². The monoisotopic (exact) mass is 310 g/mol. The van der Waals surface area contributed by atoms with E-state index in [1.54, 1.807) is 0 Å². The predicted molar refractivity (Wildman–Crippen MR) is 86.6 cm³/mol. The second-order valence-electron chi connectivity index (χ2n) is 5.88. The SMILES string of the molecule is Cc1cccn2cc(C(=O)Nc3cc(C4CCCO4)[nH]n3)cc12. The fourth-order valence-corrected chi connectivity index (χ4v) is 2.99. The van der Waals surface area contributed by atoms with Crippen molar-refractivity contribution in [1.82, 2.24) is 14.6 Å². The quantitative estimate of drug-likeness (QED) is 0.781. The first-order valence-electron chi connectivity index (χ1n) is 7.76. The first-order chi connectivity index (χ1) is 11.2. The highest BCUT2D eigenvalue weighted by molar-refractivity contribution is 6.04. The molecule has 1 aliphatic rings. The summed E-state index contributed by atoms with van der Waals surface area (Å²) in [5.41, 5.74) is 3.68. The summed E-state index contributed by atoms with van der Waals surface area (Å²) in [5, 5.41) is 9.93. The Kier molecular flexibility index (Phi) is 3.38. The molecule has 23 heavy (non-hydrogen) atoms.